The predicted molar refractivity (Wildman–Crippen MR) is 106 cm³/mol. The first-order chi connectivity index (χ1) is 13.0. The lowest BCUT2D eigenvalue weighted by Crippen LogP contribution is -2.19. The summed E-state index contributed by atoms with van der Waals surface area (Å²) < 4.78 is 9.80. The van der Waals surface area contributed by atoms with Crippen LogP contribution in [0.1, 0.15) is 32.6 Å². The van der Waals surface area contributed by atoms with E-state index >= 15 is 0 Å². The van der Waals surface area contributed by atoms with Crippen LogP contribution in [0.5, 0.6) is 0 Å². The van der Waals surface area contributed by atoms with E-state index in [9.17, 15) is 14.4 Å². The third-order valence-electron chi connectivity index (χ3n) is 3.52. The smallest absolute Gasteiger partial charge is 0.338 e. The highest BCUT2D eigenvalue weighted by atomic mass is 16.5. The average molecular weight is 374 g/mol. The zero-order valence-corrected chi connectivity index (χ0v) is 15.3. The van der Waals surface area contributed by atoms with Crippen LogP contribution in [-0.4, -0.2) is 31.2 Å². The number of esters is 2. The van der Waals surface area contributed by atoms with Gasteiger partial charge >= 0.3 is 18.0 Å². The molecule has 146 valence electrons. The summed E-state index contributed by atoms with van der Waals surface area (Å²) in [6.07, 6.45) is 0.188. The Morgan fingerprint density at radius 2 is 1.33 bits per heavy atom. The number of anilines is 2. The third kappa shape index (κ3) is 6.47. The number of urea groups is 1. The number of amides is 2. The Morgan fingerprint density at radius 3 is 1.85 bits per heavy atom. The molecule has 0 aliphatic rings. The van der Waals surface area contributed by atoms with E-state index in [1.54, 1.807) is 62.4 Å². The molecule has 0 aliphatic heterocycles. The normalized spacial score (nSPS) is 10.0. The van der Waals surface area contributed by atoms with Gasteiger partial charge in [-0.2, -0.15) is 0 Å². The second-order valence-electron chi connectivity index (χ2n) is 5.56. The molecule has 27 heavy (non-hydrogen) atoms. The van der Waals surface area contributed by atoms with Crippen molar-refractivity contribution in [3.05, 3.63) is 59.7 Å². The number of ether oxygens (including phenoxy) is 2. The second-order valence-corrected chi connectivity index (χ2v) is 5.56. The van der Waals surface area contributed by atoms with Crippen molar-refractivity contribution in [1.29, 1.82) is 0 Å². The van der Waals surface area contributed by atoms with Crippen molar-refractivity contribution in [3.8, 4) is 0 Å². The SMILES string of the molecule is CCOC(=O)Cc1ccc(NC(=O)Nc2ccc(C(=O)OCC)cc2)cc1.[HH].[HH]. The van der Waals surface area contributed by atoms with Crippen molar-refractivity contribution in [2.75, 3.05) is 23.8 Å². The van der Waals surface area contributed by atoms with E-state index in [1.807, 2.05) is 0 Å². The van der Waals surface area contributed by atoms with Gasteiger partial charge in [-0.25, -0.2) is 9.59 Å². The molecule has 0 fully saturated rings. The Hall–Kier alpha value is -3.35. The molecule has 0 bridgehead atoms. The minimum absolute atomic E-state index is 0. The molecule has 0 radical (unpaired) electrons. The van der Waals surface area contributed by atoms with E-state index in [1.165, 1.54) is 0 Å². The van der Waals surface area contributed by atoms with Crippen molar-refractivity contribution in [3.63, 3.8) is 0 Å². The Bertz CT molecular complexity index is 796. The molecule has 2 aromatic rings. The minimum Gasteiger partial charge on any atom is -0.466 e. The lowest BCUT2D eigenvalue weighted by Gasteiger charge is -2.09. The van der Waals surface area contributed by atoms with E-state index < -0.39 is 12.0 Å². The summed E-state index contributed by atoms with van der Waals surface area (Å²) >= 11 is 0. The van der Waals surface area contributed by atoms with Gasteiger partial charge in [-0.15, -0.1) is 0 Å². The quantitative estimate of drug-likeness (QED) is 0.712. The van der Waals surface area contributed by atoms with E-state index in [2.05, 4.69) is 10.6 Å². The van der Waals surface area contributed by atoms with Crippen molar-refractivity contribution < 1.29 is 26.7 Å². The van der Waals surface area contributed by atoms with E-state index in [0.717, 1.165) is 5.56 Å². The van der Waals surface area contributed by atoms with Crippen LogP contribution in [0.25, 0.3) is 0 Å². The zero-order valence-electron chi connectivity index (χ0n) is 15.3. The molecular formula is C20H26N2O5. The number of hydrogen-bond donors (Lipinski definition) is 2. The van der Waals surface area contributed by atoms with Gasteiger partial charge in [0, 0.05) is 14.2 Å². The summed E-state index contributed by atoms with van der Waals surface area (Å²) in [7, 11) is 0. The van der Waals surface area contributed by atoms with Gasteiger partial charge in [0.1, 0.15) is 0 Å². The maximum absolute atomic E-state index is 12.1. The topological polar surface area (TPSA) is 93.7 Å². The highest BCUT2D eigenvalue weighted by molar-refractivity contribution is 6.00. The first-order valence-electron chi connectivity index (χ1n) is 8.61. The summed E-state index contributed by atoms with van der Waals surface area (Å²) in [4.78, 5) is 35.1. The van der Waals surface area contributed by atoms with Crippen molar-refractivity contribution >= 4 is 29.3 Å². The van der Waals surface area contributed by atoms with Gasteiger partial charge in [0.05, 0.1) is 25.2 Å². The molecule has 0 aliphatic carbocycles. The number of carbonyl (C=O) groups excluding carboxylic acids is 3. The third-order valence-corrected chi connectivity index (χ3v) is 3.52. The fraction of sp³-hybridized carbons (Fsp3) is 0.250. The van der Waals surface area contributed by atoms with Gasteiger partial charge in [-0.05, 0) is 55.8 Å². The Balaban J connectivity index is 0.00000392. The maximum Gasteiger partial charge on any atom is 0.338 e. The zero-order chi connectivity index (χ0) is 19.6. The Kier molecular flexibility index (Phi) is 7.37. The van der Waals surface area contributed by atoms with Crippen LogP contribution in [-0.2, 0) is 20.7 Å². The number of hydrogen-bond acceptors (Lipinski definition) is 5. The predicted octanol–water partition coefficient (Wildman–Crippen LogP) is 4.10. The highest BCUT2D eigenvalue weighted by Crippen LogP contribution is 2.13. The van der Waals surface area contributed by atoms with Crippen LogP contribution >= 0.6 is 0 Å². The molecule has 2 rings (SSSR count). The summed E-state index contributed by atoms with van der Waals surface area (Å²) in [5.74, 6) is -0.696. The monoisotopic (exact) mass is 374 g/mol. The van der Waals surface area contributed by atoms with Crippen LogP contribution in [0, 0.1) is 0 Å². The lowest BCUT2D eigenvalue weighted by atomic mass is 10.1. The molecule has 0 aromatic heterocycles. The fourth-order valence-electron chi connectivity index (χ4n) is 2.28. The minimum atomic E-state index is -0.419. The molecule has 7 heteroatoms. The van der Waals surface area contributed by atoms with Gasteiger partial charge in [0.15, 0.2) is 0 Å². The maximum atomic E-state index is 12.1. The summed E-state index contributed by atoms with van der Waals surface area (Å²) in [5, 5.41) is 5.37. The lowest BCUT2D eigenvalue weighted by molar-refractivity contribution is -0.142. The van der Waals surface area contributed by atoms with Crippen LogP contribution in [0.4, 0.5) is 16.2 Å². The molecule has 2 amide bonds. The molecule has 0 heterocycles. The van der Waals surface area contributed by atoms with Crippen LogP contribution < -0.4 is 10.6 Å². The summed E-state index contributed by atoms with van der Waals surface area (Å²) in [6, 6.07) is 12.9. The van der Waals surface area contributed by atoms with Gasteiger partial charge in [0.25, 0.3) is 0 Å². The largest absolute Gasteiger partial charge is 0.466 e. The molecule has 0 atom stereocenters. The number of benzene rings is 2. The molecule has 2 aromatic carbocycles. The molecule has 7 nitrogen and oxygen atoms in total. The van der Waals surface area contributed by atoms with Crippen molar-refractivity contribution in [1.82, 2.24) is 0 Å². The Labute approximate surface area is 160 Å². The number of rotatable bonds is 7. The molecule has 0 unspecified atom stereocenters. The molecule has 2 N–H and O–H groups in total. The van der Waals surface area contributed by atoms with Gasteiger partial charge in [-0.3, -0.25) is 4.79 Å². The van der Waals surface area contributed by atoms with E-state index in [0.29, 0.717) is 30.2 Å². The molecule has 0 spiro atoms. The fourth-order valence-corrected chi connectivity index (χ4v) is 2.28. The summed E-state index contributed by atoms with van der Waals surface area (Å²) in [6.45, 7) is 4.15. The average Bonchev–Trinajstić information content (AvgIpc) is 2.64. The van der Waals surface area contributed by atoms with Gasteiger partial charge < -0.3 is 20.1 Å². The van der Waals surface area contributed by atoms with Crippen molar-refractivity contribution in [2.45, 2.75) is 20.3 Å². The molecule has 0 saturated heterocycles. The van der Waals surface area contributed by atoms with Gasteiger partial charge in [-0.1, -0.05) is 12.1 Å². The van der Waals surface area contributed by atoms with Crippen LogP contribution in [0.3, 0.4) is 0 Å². The summed E-state index contributed by atoms with van der Waals surface area (Å²) in [5.41, 5.74) is 2.34. The van der Waals surface area contributed by atoms with Crippen LogP contribution in [0.2, 0.25) is 0 Å². The van der Waals surface area contributed by atoms with E-state index in [4.69, 9.17) is 9.47 Å². The highest BCUT2D eigenvalue weighted by Gasteiger charge is 2.08. The number of carbonyl (C=O) groups is 3. The molecule has 0 saturated carbocycles. The first kappa shape index (κ1) is 20.0. The first-order valence-corrected chi connectivity index (χ1v) is 8.61. The van der Waals surface area contributed by atoms with Crippen molar-refractivity contribution in [2.24, 2.45) is 0 Å². The Morgan fingerprint density at radius 1 is 0.815 bits per heavy atom. The van der Waals surface area contributed by atoms with E-state index in [-0.39, 0.29) is 15.2 Å². The number of nitrogens with one attached hydrogen (secondary N) is 2. The second kappa shape index (κ2) is 9.96. The van der Waals surface area contributed by atoms with Gasteiger partial charge in [0.2, 0.25) is 0 Å². The standard InChI is InChI=1S/C20H22N2O5.2H2/c1-3-26-18(23)13-14-5-9-16(10-6-14)21-20(25)22-17-11-7-15(8-12-17)19(24)27-4-2;;/h5-12H,3-4,13H2,1-2H3,(H2,21,22,25);2*1H. The van der Waals surface area contributed by atoms with Crippen LogP contribution in [0.15, 0.2) is 48.5 Å². The molecular weight excluding hydrogens is 348 g/mol.